The van der Waals surface area contributed by atoms with E-state index in [0.717, 1.165) is 19.4 Å². The molecule has 0 saturated carbocycles. The third kappa shape index (κ3) is 3.88. The number of hydrogen-bond donors (Lipinski definition) is 2. The molecule has 0 aliphatic heterocycles. The number of nitrogens with one attached hydrogen (secondary N) is 1. The average Bonchev–Trinajstić information content (AvgIpc) is 2.70. The van der Waals surface area contributed by atoms with Crippen LogP contribution in [0.5, 0.6) is 0 Å². The third-order valence-electron chi connectivity index (χ3n) is 4.36. The van der Waals surface area contributed by atoms with Gasteiger partial charge in [-0.1, -0.05) is 13.3 Å². The molecule has 0 radical (unpaired) electrons. The van der Waals surface area contributed by atoms with E-state index < -0.39 is 11.4 Å². The second-order valence-electron chi connectivity index (χ2n) is 6.85. The van der Waals surface area contributed by atoms with Gasteiger partial charge in [0.1, 0.15) is 0 Å². The zero-order chi connectivity index (χ0) is 15.5. The van der Waals surface area contributed by atoms with Crippen molar-refractivity contribution >= 4 is 5.97 Å². The summed E-state index contributed by atoms with van der Waals surface area (Å²) in [6.45, 7) is 7.32. The lowest BCUT2D eigenvalue weighted by molar-refractivity contribution is -0.147. The monoisotopic (exact) mass is 292 g/mol. The first-order valence-corrected chi connectivity index (χ1v) is 8.09. The van der Waals surface area contributed by atoms with Gasteiger partial charge in [-0.15, -0.1) is 0 Å². The van der Waals surface area contributed by atoms with Crippen molar-refractivity contribution in [3.63, 3.8) is 0 Å². The molecule has 1 aromatic rings. The molecule has 1 aliphatic rings. The van der Waals surface area contributed by atoms with Crippen LogP contribution in [0.2, 0.25) is 0 Å². The smallest absolute Gasteiger partial charge is 0.310 e. The first-order chi connectivity index (χ1) is 9.94. The maximum atomic E-state index is 11.3. The lowest BCUT2D eigenvalue weighted by Gasteiger charge is -2.20. The highest BCUT2D eigenvalue weighted by atomic mass is 16.4. The summed E-state index contributed by atoms with van der Waals surface area (Å²) in [7, 11) is 0. The van der Waals surface area contributed by atoms with Gasteiger partial charge < -0.3 is 15.0 Å². The number of aromatic nitrogens is 1. The summed E-state index contributed by atoms with van der Waals surface area (Å²) < 4.78 is 2.07. The normalized spacial score (nSPS) is 19.1. The van der Waals surface area contributed by atoms with E-state index in [2.05, 4.69) is 29.2 Å². The van der Waals surface area contributed by atoms with Crippen LogP contribution in [-0.2, 0) is 17.8 Å². The molecule has 1 unspecified atom stereocenters. The van der Waals surface area contributed by atoms with E-state index in [4.69, 9.17) is 0 Å². The van der Waals surface area contributed by atoms with Crippen molar-refractivity contribution in [1.82, 2.24) is 9.88 Å². The van der Waals surface area contributed by atoms with Crippen molar-refractivity contribution in [2.45, 2.75) is 65.5 Å². The molecule has 0 bridgehead atoms. The Kier molecular flexibility index (Phi) is 5.09. The lowest BCUT2D eigenvalue weighted by atomic mass is 9.94. The number of aliphatic carboxylic acids is 1. The molecule has 1 aliphatic carbocycles. The predicted octanol–water partition coefficient (Wildman–Crippen LogP) is 3.37. The Hall–Kier alpha value is -1.29. The highest BCUT2D eigenvalue weighted by molar-refractivity contribution is 5.73. The molecule has 0 saturated heterocycles. The molecule has 0 aromatic carbocycles. The van der Waals surface area contributed by atoms with Gasteiger partial charge >= 0.3 is 5.97 Å². The fourth-order valence-electron chi connectivity index (χ4n) is 3.06. The van der Waals surface area contributed by atoms with Crippen molar-refractivity contribution in [3.05, 3.63) is 23.5 Å². The molecule has 2 N–H and O–H groups in total. The van der Waals surface area contributed by atoms with Gasteiger partial charge in [0.25, 0.3) is 0 Å². The largest absolute Gasteiger partial charge is 0.481 e. The van der Waals surface area contributed by atoms with Gasteiger partial charge in [0.15, 0.2) is 0 Å². The van der Waals surface area contributed by atoms with Crippen LogP contribution in [0.25, 0.3) is 0 Å². The molecule has 1 atom stereocenters. The molecule has 2 rings (SSSR count). The van der Waals surface area contributed by atoms with E-state index in [1.54, 1.807) is 13.8 Å². The third-order valence-corrected chi connectivity index (χ3v) is 4.36. The number of fused-ring (bicyclic) bond motifs is 1. The average molecular weight is 292 g/mol. The first-order valence-electron chi connectivity index (χ1n) is 8.09. The van der Waals surface area contributed by atoms with Crippen LogP contribution in [0.3, 0.4) is 0 Å². The zero-order valence-electron chi connectivity index (χ0n) is 13.5. The SMILES string of the molecule is CCCNC1CCCCc2cn(CC(C)(C)C(=O)O)cc21. The summed E-state index contributed by atoms with van der Waals surface area (Å²) >= 11 is 0. The van der Waals surface area contributed by atoms with Crippen molar-refractivity contribution in [2.24, 2.45) is 5.41 Å². The topological polar surface area (TPSA) is 54.3 Å². The van der Waals surface area contributed by atoms with E-state index in [0.29, 0.717) is 12.6 Å². The fraction of sp³-hybridized carbons (Fsp3) is 0.706. The van der Waals surface area contributed by atoms with Crippen LogP contribution in [0, 0.1) is 5.41 Å². The minimum atomic E-state index is -0.743. The molecule has 1 aromatic heterocycles. The number of carbonyl (C=O) groups is 1. The van der Waals surface area contributed by atoms with E-state index in [1.165, 1.54) is 30.4 Å². The number of hydrogen-bond acceptors (Lipinski definition) is 2. The van der Waals surface area contributed by atoms with Gasteiger partial charge in [-0.2, -0.15) is 0 Å². The van der Waals surface area contributed by atoms with E-state index in [-0.39, 0.29) is 0 Å². The van der Waals surface area contributed by atoms with Gasteiger partial charge in [-0.05, 0) is 57.2 Å². The second kappa shape index (κ2) is 6.65. The maximum Gasteiger partial charge on any atom is 0.310 e. The van der Waals surface area contributed by atoms with Gasteiger partial charge in [0.2, 0.25) is 0 Å². The lowest BCUT2D eigenvalue weighted by Crippen LogP contribution is -2.28. The maximum absolute atomic E-state index is 11.3. The summed E-state index contributed by atoms with van der Waals surface area (Å²) in [6.07, 6.45) is 10.2. The van der Waals surface area contributed by atoms with Crippen molar-refractivity contribution in [3.8, 4) is 0 Å². The Bertz CT molecular complexity index is 491. The summed E-state index contributed by atoms with van der Waals surface area (Å²) in [4.78, 5) is 11.3. The molecule has 0 amide bonds. The van der Waals surface area contributed by atoms with Gasteiger partial charge in [-0.25, -0.2) is 0 Å². The molecule has 1 heterocycles. The zero-order valence-corrected chi connectivity index (χ0v) is 13.5. The highest BCUT2D eigenvalue weighted by Gasteiger charge is 2.28. The summed E-state index contributed by atoms with van der Waals surface area (Å²) in [5.74, 6) is -0.743. The number of aryl methyl sites for hydroxylation is 1. The first kappa shape index (κ1) is 16.1. The van der Waals surface area contributed by atoms with Crippen LogP contribution in [0.4, 0.5) is 0 Å². The Balaban J connectivity index is 2.19. The van der Waals surface area contributed by atoms with Gasteiger partial charge in [0, 0.05) is 25.0 Å². The van der Waals surface area contributed by atoms with Crippen LogP contribution in [-0.4, -0.2) is 22.2 Å². The van der Waals surface area contributed by atoms with Crippen LogP contribution < -0.4 is 5.32 Å². The Labute approximate surface area is 127 Å². The molecular weight excluding hydrogens is 264 g/mol. The highest BCUT2D eigenvalue weighted by Crippen LogP contribution is 2.30. The summed E-state index contributed by atoms with van der Waals surface area (Å²) in [6, 6.07) is 0.427. The van der Waals surface area contributed by atoms with Crippen LogP contribution >= 0.6 is 0 Å². The molecule has 4 heteroatoms. The van der Waals surface area contributed by atoms with Crippen molar-refractivity contribution in [1.29, 1.82) is 0 Å². The Morgan fingerprint density at radius 3 is 2.86 bits per heavy atom. The fourth-order valence-corrected chi connectivity index (χ4v) is 3.06. The number of nitrogens with zero attached hydrogens (tertiary/aromatic N) is 1. The summed E-state index contributed by atoms with van der Waals surface area (Å²) in [5.41, 5.74) is 2.04. The van der Waals surface area contributed by atoms with E-state index in [9.17, 15) is 9.90 Å². The molecule has 4 nitrogen and oxygen atoms in total. The number of carboxylic acid groups (broad SMARTS) is 1. The molecule has 21 heavy (non-hydrogen) atoms. The summed E-state index contributed by atoms with van der Waals surface area (Å²) in [5, 5.41) is 12.9. The Morgan fingerprint density at radius 2 is 2.19 bits per heavy atom. The molecule has 118 valence electrons. The Morgan fingerprint density at radius 1 is 1.43 bits per heavy atom. The van der Waals surface area contributed by atoms with Crippen molar-refractivity contribution in [2.75, 3.05) is 6.54 Å². The quantitative estimate of drug-likeness (QED) is 0.790. The molecule has 0 spiro atoms. The second-order valence-corrected chi connectivity index (χ2v) is 6.85. The minimum Gasteiger partial charge on any atom is -0.481 e. The standard InChI is InChI=1S/C17H28N2O2/c1-4-9-18-15-8-6-5-7-13-10-19(11-14(13)15)12-17(2,3)16(20)21/h10-11,15,18H,4-9,12H2,1-3H3,(H,20,21). The molecular formula is C17H28N2O2. The van der Waals surface area contributed by atoms with Gasteiger partial charge in [0.05, 0.1) is 5.41 Å². The van der Waals surface area contributed by atoms with E-state index in [1.807, 2.05) is 0 Å². The predicted molar refractivity (Wildman–Crippen MR) is 84.4 cm³/mol. The molecule has 0 fully saturated rings. The number of carboxylic acids is 1. The number of rotatable bonds is 6. The van der Waals surface area contributed by atoms with Crippen LogP contribution in [0.1, 0.15) is 63.6 Å². The van der Waals surface area contributed by atoms with Crippen LogP contribution in [0.15, 0.2) is 12.4 Å². The van der Waals surface area contributed by atoms with E-state index >= 15 is 0 Å². The van der Waals surface area contributed by atoms with Gasteiger partial charge in [-0.3, -0.25) is 4.79 Å². The minimum absolute atomic E-state index is 0.427. The van der Waals surface area contributed by atoms with Crippen molar-refractivity contribution < 1.29 is 9.90 Å².